The van der Waals surface area contributed by atoms with E-state index >= 15 is 0 Å². The summed E-state index contributed by atoms with van der Waals surface area (Å²) >= 11 is 0. The second-order valence-electron chi connectivity index (χ2n) is 5.21. The standard InChI is InChI=1S/C12H16N4O4/c1-15-11(18)13-5-12(15)6-16(7-12)3-9-14-8(4-20-9)10(17)19-2/h4H,3,5-7H2,1-2H3,(H,13,18). The number of oxazole rings is 1. The second kappa shape index (κ2) is 4.48. The number of carbonyl (C=O) groups excluding carboxylic acids is 2. The Morgan fingerprint density at radius 1 is 1.60 bits per heavy atom. The number of ether oxygens (including phenoxy) is 1. The molecule has 0 radical (unpaired) electrons. The first kappa shape index (κ1) is 12.9. The van der Waals surface area contributed by atoms with Gasteiger partial charge in [-0.25, -0.2) is 14.6 Å². The fourth-order valence-electron chi connectivity index (χ4n) is 2.69. The second-order valence-corrected chi connectivity index (χ2v) is 5.21. The van der Waals surface area contributed by atoms with Crippen molar-refractivity contribution in [2.75, 3.05) is 33.8 Å². The monoisotopic (exact) mass is 280 g/mol. The highest BCUT2D eigenvalue weighted by Gasteiger charge is 2.52. The van der Waals surface area contributed by atoms with Crippen molar-refractivity contribution in [1.29, 1.82) is 0 Å². The molecule has 0 aliphatic carbocycles. The third-order valence-corrected chi connectivity index (χ3v) is 3.93. The van der Waals surface area contributed by atoms with Crippen LogP contribution in [-0.4, -0.2) is 66.1 Å². The van der Waals surface area contributed by atoms with E-state index in [4.69, 9.17) is 4.42 Å². The molecule has 20 heavy (non-hydrogen) atoms. The summed E-state index contributed by atoms with van der Waals surface area (Å²) in [6.45, 7) is 2.70. The summed E-state index contributed by atoms with van der Waals surface area (Å²) in [6, 6.07) is -0.0336. The number of nitrogens with zero attached hydrogens (tertiary/aromatic N) is 3. The number of likely N-dealkylation sites (N-methyl/N-ethyl adjacent to an activating group) is 1. The van der Waals surface area contributed by atoms with Crippen LogP contribution in [0.1, 0.15) is 16.4 Å². The molecule has 2 aliphatic heterocycles. The summed E-state index contributed by atoms with van der Waals surface area (Å²) in [5, 5.41) is 2.83. The van der Waals surface area contributed by atoms with E-state index in [0.29, 0.717) is 19.0 Å². The number of hydrogen-bond donors (Lipinski definition) is 1. The van der Waals surface area contributed by atoms with Gasteiger partial charge in [0.1, 0.15) is 6.26 Å². The van der Waals surface area contributed by atoms with Crippen LogP contribution in [-0.2, 0) is 11.3 Å². The lowest BCUT2D eigenvalue weighted by molar-refractivity contribution is -0.00583. The minimum absolute atomic E-state index is 0.0336. The predicted octanol–water partition coefficient (Wildman–Crippen LogP) is -0.329. The lowest BCUT2D eigenvalue weighted by atomic mass is 9.89. The van der Waals surface area contributed by atoms with Gasteiger partial charge in [0.15, 0.2) is 5.69 Å². The molecule has 1 spiro atoms. The van der Waals surface area contributed by atoms with Gasteiger partial charge in [0.05, 0.1) is 19.2 Å². The number of carbonyl (C=O) groups is 2. The zero-order chi connectivity index (χ0) is 14.3. The lowest BCUT2D eigenvalue weighted by Crippen LogP contribution is -2.68. The van der Waals surface area contributed by atoms with Gasteiger partial charge in [-0.15, -0.1) is 0 Å². The van der Waals surface area contributed by atoms with E-state index in [1.54, 1.807) is 11.9 Å². The van der Waals surface area contributed by atoms with Crippen molar-refractivity contribution >= 4 is 12.0 Å². The number of aromatic nitrogens is 1. The van der Waals surface area contributed by atoms with Gasteiger partial charge in [-0.1, -0.05) is 0 Å². The minimum Gasteiger partial charge on any atom is -0.464 e. The van der Waals surface area contributed by atoms with Crippen molar-refractivity contribution in [2.45, 2.75) is 12.1 Å². The summed E-state index contributed by atoms with van der Waals surface area (Å²) < 4.78 is 9.81. The first-order valence-corrected chi connectivity index (χ1v) is 6.31. The van der Waals surface area contributed by atoms with E-state index in [-0.39, 0.29) is 17.3 Å². The quantitative estimate of drug-likeness (QED) is 0.763. The van der Waals surface area contributed by atoms with E-state index in [2.05, 4.69) is 19.9 Å². The van der Waals surface area contributed by atoms with Crippen molar-refractivity contribution in [3.05, 3.63) is 17.8 Å². The van der Waals surface area contributed by atoms with Gasteiger partial charge in [-0.05, 0) is 0 Å². The average Bonchev–Trinajstić information content (AvgIpc) is 2.97. The van der Waals surface area contributed by atoms with Crippen LogP contribution in [0.25, 0.3) is 0 Å². The largest absolute Gasteiger partial charge is 0.464 e. The number of methoxy groups -OCH3 is 1. The van der Waals surface area contributed by atoms with Gasteiger partial charge in [0.25, 0.3) is 0 Å². The number of nitrogens with one attached hydrogen (secondary N) is 1. The van der Waals surface area contributed by atoms with E-state index < -0.39 is 5.97 Å². The Morgan fingerprint density at radius 2 is 2.35 bits per heavy atom. The lowest BCUT2D eigenvalue weighted by Gasteiger charge is -2.50. The summed E-state index contributed by atoms with van der Waals surface area (Å²) in [5.74, 6) is -0.0365. The number of esters is 1. The van der Waals surface area contributed by atoms with Crippen LogP contribution in [0.3, 0.4) is 0 Å². The van der Waals surface area contributed by atoms with Gasteiger partial charge < -0.3 is 19.4 Å². The van der Waals surface area contributed by atoms with Gasteiger partial charge >= 0.3 is 12.0 Å². The third kappa shape index (κ3) is 1.92. The molecular formula is C12H16N4O4. The van der Waals surface area contributed by atoms with Crippen LogP contribution in [0.4, 0.5) is 4.79 Å². The van der Waals surface area contributed by atoms with Crippen molar-refractivity contribution in [3.8, 4) is 0 Å². The highest BCUT2D eigenvalue weighted by Crippen LogP contribution is 2.30. The first-order chi connectivity index (χ1) is 9.54. The molecule has 2 fully saturated rings. The van der Waals surface area contributed by atoms with Gasteiger partial charge in [0, 0.05) is 26.7 Å². The molecule has 108 valence electrons. The Balaban J connectivity index is 1.58. The highest BCUT2D eigenvalue weighted by molar-refractivity contribution is 5.86. The zero-order valence-electron chi connectivity index (χ0n) is 11.4. The van der Waals surface area contributed by atoms with Crippen molar-refractivity contribution in [3.63, 3.8) is 0 Å². The smallest absolute Gasteiger partial charge is 0.360 e. The molecule has 0 unspecified atom stereocenters. The molecule has 0 bridgehead atoms. The predicted molar refractivity (Wildman–Crippen MR) is 67.0 cm³/mol. The molecule has 3 rings (SSSR count). The van der Waals surface area contributed by atoms with Crippen molar-refractivity contribution in [1.82, 2.24) is 20.1 Å². The molecule has 8 nitrogen and oxygen atoms in total. The fourth-order valence-corrected chi connectivity index (χ4v) is 2.69. The maximum Gasteiger partial charge on any atom is 0.360 e. The molecule has 0 atom stereocenters. The molecule has 1 aromatic rings. The highest BCUT2D eigenvalue weighted by atomic mass is 16.5. The fraction of sp³-hybridized carbons (Fsp3) is 0.583. The normalized spacial score (nSPS) is 20.9. The van der Waals surface area contributed by atoms with Crippen LogP contribution in [0.5, 0.6) is 0 Å². The van der Waals surface area contributed by atoms with E-state index in [1.807, 2.05) is 0 Å². The summed E-state index contributed by atoms with van der Waals surface area (Å²) in [6.07, 6.45) is 1.30. The zero-order valence-corrected chi connectivity index (χ0v) is 11.4. The van der Waals surface area contributed by atoms with Gasteiger partial charge in [-0.2, -0.15) is 0 Å². The third-order valence-electron chi connectivity index (χ3n) is 3.93. The van der Waals surface area contributed by atoms with Crippen LogP contribution >= 0.6 is 0 Å². The Morgan fingerprint density at radius 3 is 2.95 bits per heavy atom. The van der Waals surface area contributed by atoms with Gasteiger partial charge in [-0.3, -0.25) is 4.90 Å². The van der Waals surface area contributed by atoms with Crippen LogP contribution in [0.2, 0.25) is 0 Å². The van der Waals surface area contributed by atoms with Crippen molar-refractivity contribution in [2.24, 2.45) is 0 Å². The maximum absolute atomic E-state index is 11.5. The number of urea groups is 1. The molecule has 2 amide bonds. The van der Waals surface area contributed by atoms with E-state index in [0.717, 1.165) is 13.1 Å². The molecule has 8 heteroatoms. The maximum atomic E-state index is 11.5. The van der Waals surface area contributed by atoms with E-state index in [9.17, 15) is 9.59 Å². The number of likely N-dealkylation sites (tertiary alicyclic amines) is 1. The first-order valence-electron chi connectivity index (χ1n) is 6.31. The molecule has 1 aromatic heterocycles. The molecule has 2 aliphatic rings. The van der Waals surface area contributed by atoms with Crippen LogP contribution in [0, 0.1) is 0 Å². The molecule has 2 saturated heterocycles. The summed E-state index contributed by atoms with van der Waals surface area (Å²) in [7, 11) is 3.11. The Labute approximate surface area is 115 Å². The Hall–Kier alpha value is -2.09. The van der Waals surface area contributed by atoms with Crippen LogP contribution < -0.4 is 5.32 Å². The summed E-state index contributed by atoms with van der Waals surface area (Å²) in [4.78, 5) is 30.7. The molecule has 1 N–H and O–H groups in total. The van der Waals surface area contributed by atoms with Crippen LogP contribution in [0.15, 0.2) is 10.7 Å². The molecule has 0 saturated carbocycles. The topological polar surface area (TPSA) is 87.9 Å². The van der Waals surface area contributed by atoms with Crippen molar-refractivity contribution < 1.29 is 18.7 Å². The molecule has 0 aromatic carbocycles. The van der Waals surface area contributed by atoms with E-state index in [1.165, 1.54) is 13.4 Å². The molecule has 3 heterocycles. The SMILES string of the molecule is COC(=O)c1coc(CN2CC3(CNC(=O)N3C)C2)n1. The summed E-state index contributed by atoms with van der Waals surface area (Å²) in [5.41, 5.74) is 0.0575. The van der Waals surface area contributed by atoms with Gasteiger partial charge in [0.2, 0.25) is 5.89 Å². The minimum atomic E-state index is -0.509. The number of rotatable bonds is 3. The average molecular weight is 280 g/mol. The Kier molecular flexibility index (Phi) is 2.89. The Bertz CT molecular complexity index is 549. The molecular weight excluding hydrogens is 264 g/mol. The number of amides is 2. The number of hydrogen-bond acceptors (Lipinski definition) is 6.